The molecule has 3 rings (SSSR count). The van der Waals surface area contributed by atoms with E-state index < -0.39 is 0 Å². The third-order valence-electron chi connectivity index (χ3n) is 3.54. The van der Waals surface area contributed by atoms with Gasteiger partial charge in [0.15, 0.2) is 0 Å². The Morgan fingerprint density at radius 3 is 3.00 bits per heavy atom. The standard InChI is InChI=1S/C15H17NS/c1-12-4-2-5-13-10-16(8-7-15(12)13)11-14-6-3-9-17-14/h2-6,9H,7-8,10-11H2,1H3. The second kappa shape index (κ2) is 4.63. The van der Waals surface area contributed by atoms with E-state index in [9.17, 15) is 0 Å². The lowest BCUT2D eigenvalue weighted by Gasteiger charge is -2.29. The molecule has 1 nitrogen and oxygen atoms in total. The van der Waals surface area contributed by atoms with E-state index in [1.54, 1.807) is 5.56 Å². The SMILES string of the molecule is Cc1cccc2c1CCN(Cc1cccs1)C2. The van der Waals surface area contributed by atoms with Crippen LogP contribution in [0, 0.1) is 6.92 Å². The average molecular weight is 243 g/mol. The van der Waals surface area contributed by atoms with Crippen molar-refractivity contribution in [1.82, 2.24) is 4.90 Å². The molecule has 0 unspecified atom stereocenters. The summed E-state index contributed by atoms with van der Waals surface area (Å²) in [6.07, 6.45) is 1.20. The average Bonchev–Trinajstić information content (AvgIpc) is 2.82. The highest BCUT2D eigenvalue weighted by Gasteiger charge is 2.17. The highest BCUT2D eigenvalue weighted by Crippen LogP contribution is 2.24. The predicted octanol–water partition coefficient (Wildman–Crippen LogP) is 3.61. The summed E-state index contributed by atoms with van der Waals surface area (Å²) in [5, 5.41) is 2.16. The second-order valence-electron chi connectivity index (χ2n) is 4.75. The predicted molar refractivity (Wildman–Crippen MR) is 73.3 cm³/mol. The molecule has 0 fully saturated rings. The van der Waals surface area contributed by atoms with Crippen LogP contribution in [0.2, 0.25) is 0 Å². The lowest BCUT2D eigenvalue weighted by atomic mass is 9.95. The second-order valence-corrected chi connectivity index (χ2v) is 5.78. The van der Waals surface area contributed by atoms with Crippen molar-refractivity contribution in [1.29, 1.82) is 0 Å². The fraction of sp³-hybridized carbons (Fsp3) is 0.333. The van der Waals surface area contributed by atoms with Crippen LogP contribution in [-0.4, -0.2) is 11.4 Å². The summed E-state index contributed by atoms with van der Waals surface area (Å²) in [7, 11) is 0. The van der Waals surface area contributed by atoms with Gasteiger partial charge in [0.1, 0.15) is 0 Å². The molecule has 0 N–H and O–H groups in total. The molecule has 0 atom stereocenters. The molecule has 1 aliphatic heterocycles. The van der Waals surface area contributed by atoms with Crippen LogP contribution in [0.4, 0.5) is 0 Å². The fourth-order valence-corrected chi connectivity index (χ4v) is 3.36. The Labute approximate surface area is 107 Å². The van der Waals surface area contributed by atoms with Gasteiger partial charge in [0, 0.05) is 24.5 Å². The van der Waals surface area contributed by atoms with E-state index in [0.29, 0.717) is 0 Å². The minimum Gasteiger partial charge on any atom is -0.294 e. The third kappa shape index (κ3) is 2.28. The molecule has 1 aromatic carbocycles. The van der Waals surface area contributed by atoms with Crippen molar-refractivity contribution in [2.75, 3.05) is 6.54 Å². The number of hydrogen-bond donors (Lipinski definition) is 0. The number of thiophene rings is 1. The molecular weight excluding hydrogens is 226 g/mol. The summed E-state index contributed by atoms with van der Waals surface area (Å²) in [6.45, 7) is 5.63. The molecule has 2 heteroatoms. The molecule has 0 saturated heterocycles. The van der Waals surface area contributed by atoms with E-state index in [4.69, 9.17) is 0 Å². The van der Waals surface area contributed by atoms with Crippen molar-refractivity contribution in [3.8, 4) is 0 Å². The van der Waals surface area contributed by atoms with Crippen LogP contribution in [0.5, 0.6) is 0 Å². The van der Waals surface area contributed by atoms with Gasteiger partial charge in [-0.25, -0.2) is 0 Å². The summed E-state index contributed by atoms with van der Waals surface area (Å²) in [5.41, 5.74) is 4.56. The topological polar surface area (TPSA) is 3.24 Å². The largest absolute Gasteiger partial charge is 0.294 e. The highest BCUT2D eigenvalue weighted by molar-refractivity contribution is 7.09. The number of rotatable bonds is 2. The van der Waals surface area contributed by atoms with Crippen LogP contribution in [0.3, 0.4) is 0 Å². The Balaban J connectivity index is 1.77. The quantitative estimate of drug-likeness (QED) is 0.779. The Hall–Kier alpha value is -1.12. The smallest absolute Gasteiger partial charge is 0.0331 e. The van der Waals surface area contributed by atoms with Crippen molar-refractivity contribution >= 4 is 11.3 Å². The molecule has 17 heavy (non-hydrogen) atoms. The van der Waals surface area contributed by atoms with Gasteiger partial charge in [-0.15, -0.1) is 11.3 Å². The van der Waals surface area contributed by atoms with Gasteiger partial charge in [0.25, 0.3) is 0 Å². The van der Waals surface area contributed by atoms with Gasteiger partial charge in [-0.05, 0) is 41.5 Å². The first-order valence-corrected chi connectivity index (χ1v) is 7.03. The van der Waals surface area contributed by atoms with E-state index in [1.165, 1.54) is 29.0 Å². The van der Waals surface area contributed by atoms with Crippen molar-refractivity contribution in [3.63, 3.8) is 0 Å². The van der Waals surface area contributed by atoms with E-state index >= 15 is 0 Å². The molecule has 0 spiro atoms. The van der Waals surface area contributed by atoms with Gasteiger partial charge in [-0.2, -0.15) is 0 Å². The van der Waals surface area contributed by atoms with Crippen molar-refractivity contribution in [2.24, 2.45) is 0 Å². The van der Waals surface area contributed by atoms with E-state index in [1.807, 2.05) is 11.3 Å². The van der Waals surface area contributed by atoms with Crippen molar-refractivity contribution < 1.29 is 0 Å². The summed E-state index contributed by atoms with van der Waals surface area (Å²) in [5.74, 6) is 0. The van der Waals surface area contributed by atoms with Crippen LogP contribution in [0.25, 0.3) is 0 Å². The lowest BCUT2D eigenvalue weighted by Crippen LogP contribution is -2.30. The molecule has 0 bridgehead atoms. The molecule has 1 aliphatic rings. The minimum atomic E-state index is 1.10. The maximum Gasteiger partial charge on any atom is 0.0331 e. The molecule has 0 aliphatic carbocycles. The number of hydrogen-bond acceptors (Lipinski definition) is 2. The zero-order chi connectivity index (χ0) is 11.7. The number of nitrogens with zero attached hydrogens (tertiary/aromatic N) is 1. The van der Waals surface area contributed by atoms with Crippen molar-refractivity contribution in [2.45, 2.75) is 26.4 Å². The van der Waals surface area contributed by atoms with Gasteiger partial charge in [0.2, 0.25) is 0 Å². The first-order chi connectivity index (χ1) is 8.33. The van der Waals surface area contributed by atoms with Gasteiger partial charge in [-0.3, -0.25) is 4.90 Å². The van der Waals surface area contributed by atoms with Crippen LogP contribution >= 0.6 is 11.3 Å². The summed E-state index contributed by atoms with van der Waals surface area (Å²) >= 11 is 1.86. The molecule has 2 heterocycles. The van der Waals surface area contributed by atoms with E-state index in [2.05, 4.69) is 47.5 Å². The van der Waals surface area contributed by atoms with E-state index in [0.717, 1.165) is 13.1 Å². The highest BCUT2D eigenvalue weighted by atomic mass is 32.1. The van der Waals surface area contributed by atoms with Gasteiger partial charge in [0.05, 0.1) is 0 Å². The van der Waals surface area contributed by atoms with Crippen LogP contribution in [-0.2, 0) is 19.5 Å². The first kappa shape index (κ1) is 11.0. The zero-order valence-electron chi connectivity index (χ0n) is 10.1. The monoisotopic (exact) mass is 243 g/mol. The van der Waals surface area contributed by atoms with Crippen LogP contribution < -0.4 is 0 Å². The summed E-state index contributed by atoms with van der Waals surface area (Å²) in [4.78, 5) is 4.02. The molecule has 0 amide bonds. The molecule has 0 radical (unpaired) electrons. The maximum absolute atomic E-state index is 2.55. The number of fused-ring (bicyclic) bond motifs is 1. The normalized spacial score (nSPS) is 15.8. The van der Waals surface area contributed by atoms with Gasteiger partial charge >= 0.3 is 0 Å². The van der Waals surface area contributed by atoms with Crippen LogP contribution in [0.15, 0.2) is 35.7 Å². The first-order valence-electron chi connectivity index (χ1n) is 6.15. The van der Waals surface area contributed by atoms with Crippen molar-refractivity contribution in [3.05, 3.63) is 57.3 Å². The fourth-order valence-electron chi connectivity index (χ4n) is 2.62. The number of aryl methyl sites for hydroxylation is 1. The zero-order valence-corrected chi connectivity index (χ0v) is 11.0. The van der Waals surface area contributed by atoms with Gasteiger partial charge in [-0.1, -0.05) is 24.3 Å². The Kier molecular flexibility index (Phi) is 3.00. The molecular formula is C15H17NS. The molecule has 0 saturated carbocycles. The van der Waals surface area contributed by atoms with E-state index in [-0.39, 0.29) is 0 Å². The molecule has 2 aromatic rings. The number of benzene rings is 1. The lowest BCUT2D eigenvalue weighted by molar-refractivity contribution is 0.247. The molecule has 88 valence electrons. The summed E-state index contributed by atoms with van der Waals surface area (Å²) in [6, 6.07) is 11.1. The Morgan fingerprint density at radius 2 is 2.18 bits per heavy atom. The summed E-state index contributed by atoms with van der Waals surface area (Å²) < 4.78 is 0. The molecule has 1 aromatic heterocycles. The maximum atomic E-state index is 2.55. The van der Waals surface area contributed by atoms with Gasteiger partial charge < -0.3 is 0 Å². The Morgan fingerprint density at radius 1 is 1.24 bits per heavy atom. The third-order valence-corrected chi connectivity index (χ3v) is 4.40. The minimum absolute atomic E-state index is 1.10. The van der Waals surface area contributed by atoms with Crippen LogP contribution in [0.1, 0.15) is 21.6 Å². The Bertz CT molecular complexity index is 502.